The molecular weight excluding hydrogens is 274 g/mol. The van der Waals surface area contributed by atoms with E-state index in [1.54, 1.807) is 13.1 Å². The number of hydrogen-bond acceptors (Lipinski definition) is 3. The van der Waals surface area contributed by atoms with Crippen LogP contribution in [0.1, 0.15) is 55.8 Å². The molecule has 0 aliphatic rings. The third kappa shape index (κ3) is 5.78. The summed E-state index contributed by atoms with van der Waals surface area (Å²) in [5, 5.41) is 6.22. The van der Waals surface area contributed by atoms with Crippen LogP contribution in [-0.2, 0) is 0 Å². The highest BCUT2D eigenvalue weighted by Crippen LogP contribution is 2.19. The minimum Gasteiger partial charge on any atom is -0.372 e. The highest BCUT2D eigenvalue weighted by atomic mass is 35.5. The fraction of sp³-hybridized carbons (Fsp3) is 0.600. The van der Waals surface area contributed by atoms with Gasteiger partial charge in [-0.05, 0) is 12.5 Å². The minimum atomic E-state index is -0.115. The molecule has 0 unspecified atom stereocenters. The molecule has 0 radical (unpaired) electrons. The van der Waals surface area contributed by atoms with Gasteiger partial charge in [0.25, 0.3) is 5.91 Å². The van der Waals surface area contributed by atoms with Crippen molar-refractivity contribution in [1.29, 1.82) is 0 Å². The van der Waals surface area contributed by atoms with Crippen LogP contribution < -0.4 is 10.6 Å². The maximum absolute atomic E-state index is 11.9. The second-order valence-electron chi connectivity index (χ2n) is 4.83. The molecule has 1 amide bonds. The van der Waals surface area contributed by atoms with Crippen molar-refractivity contribution >= 4 is 23.3 Å². The van der Waals surface area contributed by atoms with Crippen LogP contribution in [0, 0.1) is 0 Å². The van der Waals surface area contributed by atoms with E-state index in [0.29, 0.717) is 22.9 Å². The summed E-state index contributed by atoms with van der Waals surface area (Å²) in [6.45, 7) is 2.91. The van der Waals surface area contributed by atoms with Gasteiger partial charge in [-0.2, -0.15) is 0 Å². The number of pyridine rings is 1. The van der Waals surface area contributed by atoms with Crippen LogP contribution in [0.3, 0.4) is 0 Å². The zero-order valence-electron chi connectivity index (χ0n) is 12.3. The molecule has 0 saturated heterocycles. The summed E-state index contributed by atoms with van der Waals surface area (Å²) in [5.41, 5.74) is 0.500. The third-order valence-electron chi connectivity index (χ3n) is 3.16. The smallest absolute Gasteiger partial charge is 0.252 e. The van der Waals surface area contributed by atoms with Crippen molar-refractivity contribution < 1.29 is 4.79 Å². The highest BCUT2D eigenvalue weighted by molar-refractivity contribution is 6.33. The first-order valence-corrected chi connectivity index (χ1v) is 7.68. The second kappa shape index (κ2) is 9.59. The molecule has 5 heteroatoms. The van der Waals surface area contributed by atoms with E-state index in [0.717, 1.165) is 12.8 Å². The summed E-state index contributed by atoms with van der Waals surface area (Å²) in [5.74, 6) is 0.467. The average molecular weight is 298 g/mol. The monoisotopic (exact) mass is 297 g/mol. The predicted octanol–water partition coefficient (Wildman–Crippen LogP) is 3.87. The number of anilines is 1. The van der Waals surface area contributed by atoms with Gasteiger partial charge >= 0.3 is 0 Å². The molecule has 1 aromatic rings. The summed E-state index contributed by atoms with van der Waals surface area (Å²) in [7, 11) is 1.74. The number of carbonyl (C=O) groups is 1. The van der Waals surface area contributed by atoms with Crippen molar-refractivity contribution in [2.45, 2.75) is 45.4 Å². The number of nitrogens with one attached hydrogen (secondary N) is 2. The molecule has 2 N–H and O–H groups in total. The molecule has 1 heterocycles. The van der Waals surface area contributed by atoms with Gasteiger partial charge in [0.15, 0.2) is 0 Å². The standard InChI is InChI=1S/C15H24ClN3O/c1-3-4-5-6-7-8-9-18-15(20)12-10-13(16)14(17-2)19-11-12/h10-11H,3-9H2,1-2H3,(H,17,19)(H,18,20). The zero-order chi connectivity index (χ0) is 14.8. The molecule has 0 bridgehead atoms. The summed E-state index contributed by atoms with van der Waals surface area (Å²) in [6.07, 6.45) is 8.81. The largest absolute Gasteiger partial charge is 0.372 e. The number of aromatic nitrogens is 1. The Labute approximate surface area is 126 Å². The van der Waals surface area contributed by atoms with E-state index < -0.39 is 0 Å². The Hall–Kier alpha value is -1.29. The number of carbonyl (C=O) groups excluding carboxylic acids is 1. The number of rotatable bonds is 9. The summed E-state index contributed by atoms with van der Waals surface area (Å²) in [6, 6.07) is 1.64. The molecule has 0 aromatic carbocycles. The molecule has 0 aliphatic heterocycles. The third-order valence-corrected chi connectivity index (χ3v) is 3.44. The zero-order valence-corrected chi connectivity index (χ0v) is 13.1. The molecule has 0 fully saturated rings. The molecule has 20 heavy (non-hydrogen) atoms. The topological polar surface area (TPSA) is 54.0 Å². The first kappa shape index (κ1) is 16.8. The van der Waals surface area contributed by atoms with Gasteiger partial charge in [0.1, 0.15) is 5.82 Å². The van der Waals surface area contributed by atoms with Crippen LogP contribution in [0.4, 0.5) is 5.82 Å². The SMILES string of the molecule is CCCCCCCCNC(=O)c1cnc(NC)c(Cl)c1. The predicted molar refractivity (Wildman–Crippen MR) is 84.5 cm³/mol. The summed E-state index contributed by atoms with van der Waals surface area (Å²) in [4.78, 5) is 16.0. The van der Waals surface area contributed by atoms with Crippen molar-refractivity contribution in [2.24, 2.45) is 0 Å². The van der Waals surface area contributed by atoms with Gasteiger partial charge < -0.3 is 10.6 Å². The van der Waals surface area contributed by atoms with E-state index >= 15 is 0 Å². The van der Waals surface area contributed by atoms with E-state index in [4.69, 9.17) is 11.6 Å². The molecule has 0 aliphatic carbocycles. The molecule has 1 rings (SSSR count). The van der Waals surface area contributed by atoms with Gasteiger partial charge in [-0.15, -0.1) is 0 Å². The average Bonchev–Trinajstić information content (AvgIpc) is 2.46. The van der Waals surface area contributed by atoms with E-state index in [2.05, 4.69) is 22.5 Å². The Bertz CT molecular complexity index is 424. The Morgan fingerprint density at radius 1 is 1.25 bits per heavy atom. The molecule has 0 atom stereocenters. The minimum absolute atomic E-state index is 0.115. The molecule has 0 spiro atoms. The Kier molecular flexibility index (Phi) is 8.04. The maximum Gasteiger partial charge on any atom is 0.252 e. The van der Waals surface area contributed by atoms with Crippen molar-refractivity contribution in [3.63, 3.8) is 0 Å². The van der Waals surface area contributed by atoms with Crippen molar-refractivity contribution in [2.75, 3.05) is 18.9 Å². The fourth-order valence-electron chi connectivity index (χ4n) is 1.96. The van der Waals surface area contributed by atoms with Crippen LogP contribution in [0.2, 0.25) is 5.02 Å². The molecule has 112 valence electrons. The normalized spacial score (nSPS) is 10.3. The van der Waals surface area contributed by atoms with Gasteiger partial charge in [0.05, 0.1) is 10.6 Å². The summed E-state index contributed by atoms with van der Waals surface area (Å²) < 4.78 is 0. The number of nitrogens with zero attached hydrogens (tertiary/aromatic N) is 1. The molecule has 0 saturated carbocycles. The number of hydrogen-bond donors (Lipinski definition) is 2. The molecular formula is C15H24ClN3O. The lowest BCUT2D eigenvalue weighted by molar-refractivity contribution is 0.0952. The van der Waals surface area contributed by atoms with Gasteiger partial charge in [-0.25, -0.2) is 4.98 Å². The lowest BCUT2D eigenvalue weighted by Gasteiger charge is -2.07. The van der Waals surface area contributed by atoms with Crippen LogP contribution >= 0.6 is 11.6 Å². The summed E-state index contributed by atoms with van der Waals surface area (Å²) >= 11 is 6.00. The Balaban J connectivity index is 2.27. The maximum atomic E-state index is 11.9. The Morgan fingerprint density at radius 3 is 2.60 bits per heavy atom. The van der Waals surface area contributed by atoms with Crippen molar-refractivity contribution in [3.05, 3.63) is 22.8 Å². The highest BCUT2D eigenvalue weighted by Gasteiger charge is 2.08. The van der Waals surface area contributed by atoms with Gasteiger partial charge in [-0.3, -0.25) is 4.79 Å². The quantitative estimate of drug-likeness (QED) is 0.680. The van der Waals surface area contributed by atoms with E-state index in [9.17, 15) is 4.79 Å². The van der Waals surface area contributed by atoms with Gasteiger partial charge in [0.2, 0.25) is 0 Å². The van der Waals surface area contributed by atoms with Crippen molar-refractivity contribution in [1.82, 2.24) is 10.3 Å². The molecule has 1 aromatic heterocycles. The van der Waals surface area contributed by atoms with Gasteiger partial charge in [0, 0.05) is 19.8 Å². The second-order valence-corrected chi connectivity index (χ2v) is 5.24. The number of halogens is 1. The van der Waals surface area contributed by atoms with Crippen LogP contribution in [0.15, 0.2) is 12.3 Å². The fourth-order valence-corrected chi connectivity index (χ4v) is 2.22. The van der Waals surface area contributed by atoms with Crippen molar-refractivity contribution in [3.8, 4) is 0 Å². The lowest BCUT2D eigenvalue weighted by atomic mass is 10.1. The van der Waals surface area contributed by atoms with E-state index in [1.807, 2.05) is 0 Å². The number of unbranched alkanes of at least 4 members (excludes halogenated alkanes) is 5. The number of amides is 1. The van der Waals surface area contributed by atoms with E-state index in [-0.39, 0.29) is 5.91 Å². The Morgan fingerprint density at radius 2 is 1.95 bits per heavy atom. The van der Waals surface area contributed by atoms with Gasteiger partial charge in [-0.1, -0.05) is 50.6 Å². The first-order valence-electron chi connectivity index (χ1n) is 7.30. The van der Waals surface area contributed by atoms with Crippen LogP contribution in [0.25, 0.3) is 0 Å². The van der Waals surface area contributed by atoms with E-state index in [1.165, 1.54) is 31.9 Å². The lowest BCUT2D eigenvalue weighted by Crippen LogP contribution is -2.24. The van der Waals surface area contributed by atoms with Crippen LogP contribution in [-0.4, -0.2) is 24.5 Å². The first-order chi connectivity index (χ1) is 9.69. The molecule has 4 nitrogen and oxygen atoms in total. The van der Waals surface area contributed by atoms with Crippen LogP contribution in [0.5, 0.6) is 0 Å².